The Morgan fingerprint density at radius 3 is 2.76 bits per heavy atom. The normalized spacial score (nSPS) is 17.1. The molecule has 4 heteroatoms. The quantitative estimate of drug-likeness (QED) is 0.888. The van der Waals surface area contributed by atoms with Gasteiger partial charge in [0.25, 0.3) is 0 Å². The van der Waals surface area contributed by atoms with Crippen LogP contribution in [0.15, 0.2) is 36.4 Å². The van der Waals surface area contributed by atoms with Crippen LogP contribution >= 0.6 is 0 Å². The minimum absolute atomic E-state index is 0.0259. The fraction of sp³-hybridized carbons (Fsp3) is 0.294. The van der Waals surface area contributed by atoms with Gasteiger partial charge in [-0.25, -0.2) is 4.98 Å². The Labute approximate surface area is 124 Å². The van der Waals surface area contributed by atoms with Crippen molar-refractivity contribution in [1.82, 2.24) is 10.3 Å². The summed E-state index contributed by atoms with van der Waals surface area (Å²) in [7, 11) is 0. The maximum Gasteiger partial charge on any atom is 0.243 e. The number of amides is 1. The molecule has 0 saturated heterocycles. The molecule has 1 aromatic heterocycles. The molecule has 108 valence electrons. The Bertz CT molecular complexity index is 661. The number of nitrogens with zero attached hydrogens (tertiary/aromatic N) is 1. The van der Waals surface area contributed by atoms with E-state index in [0.717, 1.165) is 17.8 Å². The lowest BCUT2D eigenvalue weighted by atomic mass is 9.95. The second kappa shape index (κ2) is 5.66. The molecule has 0 aliphatic carbocycles. The molecule has 1 atom stereocenters. The molecular formula is C17H19N3O. The van der Waals surface area contributed by atoms with Gasteiger partial charge in [-0.15, -0.1) is 0 Å². The number of carbonyl (C=O) groups excluding carboxylic acids is 1. The van der Waals surface area contributed by atoms with Crippen LogP contribution in [0.25, 0.3) is 0 Å². The highest BCUT2D eigenvalue weighted by Crippen LogP contribution is 2.17. The third kappa shape index (κ3) is 3.11. The Morgan fingerprint density at radius 2 is 2.00 bits per heavy atom. The standard InChI is InChI=1S/C17H19N3O/c1-11-7-12(2)19-16(8-11)20-17(21)15-9-13-5-3-4-6-14(13)10-18-15/h3-8,15,18H,9-10H2,1-2H3,(H,19,20,21)/t15-/m1/s1. The van der Waals surface area contributed by atoms with Crippen LogP contribution < -0.4 is 10.6 Å². The molecule has 1 aromatic carbocycles. The van der Waals surface area contributed by atoms with Crippen LogP contribution in [0.4, 0.5) is 5.82 Å². The molecule has 0 saturated carbocycles. The molecule has 3 rings (SSSR count). The van der Waals surface area contributed by atoms with Gasteiger partial charge in [0.1, 0.15) is 5.82 Å². The summed E-state index contributed by atoms with van der Waals surface area (Å²) < 4.78 is 0. The van der Waals surface area contributed by atoms with Crippen molar-refractivity contribution in [1.29, 1.82) is 0 Å². The molecule has 4 nitrogen and oxygen atoms in total. The van der Waals surface area contributed by atoms with Crippen molar-refractivity contribution < 1.29 is 4.79 Å². The Morgan fingerprint density at radius 1 is 1.24 bits per heavy atom. The molecule has 2 aromatic rings. The highest BCUT2D eigenvalue weighted by atomic mass is 16.2. The zero-order chi connectivity index (χ0) is 14.8. The summed E-state index contributed by atoms with van der Waals surface area (Å²) in [6, 6.07) is 11.9. The van der Waals surface area contributed by atoms with Crippen molar-refractivity contribution in [3.8, 4) is 0 Å². The summed E-state index contributed by atoms with van der Waals surface area (Å²) in [5.74, 6) is 0.597. The van der Waals surface area contributed by atoms with Crippen LogP contribution in [0.3, 0.4) is 0 Å². The highest BCUT2D eigenvalue weighted by Gasteiger charge is 2.24. The number of nitrogens with one attached hydrogen (secondary N) is 2. The van der Waals surface area contributed by atoms with Crippen molar-refractivity contribution in [3.63, 3.8) is 0 Å². The van der Waals surface area contributed by atoms with E-state index in [4.69, 9.17) is 0 Å². The van der Waals surface area contributed by atoms with Crippen molar-refractivity contribution in [2.75, 3.05) is 5.32 Å². The first-order valence-corrected chi connectivity index (χ1v) is 7.18. The van der Waals surface area contributed by atoms with Gasteiger partial charge in [0.15, 0.2) is 0 Å². The van der Waals surface area contributed by atoms with Gasteiger partial charge in [-0.3, -0.25) is 4.79 Å². The number of aryl methyl sites for hydroxylation is 2. The van der Waals surface area contributed by atoms with Crippen molar-refractivity contribution in [2.24, 2.45) is 0 Å². The predicted molar refractivity (Wildman–Crippen MR) is 83.1 cm³/mol. The minimum Gasteiger partial charge on any atom is -0.309 e. The lowest BCUT2D eigenvalue weighted by Crippen LogP contribution is -2.44. The van der Waals surface area contributed by atoms with E-state index in [2.05, 4.69) is 27.8 Å². The number of fused-ring (bicyclic) bond motifs is 1. The predicted octanol–water partition coefficient (Wildman–Crippen LogP) is 2.35. The van der Waals surface area contributed by atoms with E-state index in [1.54, 1.807) is 0 Å². The molecule has 0 unspecified atom stereocenters. The summed E-state index contributed by atoms with van der Waals surface area (Å²) in [5, 5.41) is 6.20. The Balaban J connectivity index is 1.72. The number of pyridine rings is 1. The summed E-state index contributed by atoms with van der Waals surface area (Å²) in [4.78, 5) is 16.7. The number of hydrogen-bond donors (Lipinski definition) is 2. The summed E-state index contributed by atoms with van der Waals surface area (Å²) >= 11 is 0. The third-order valence-electron chi connectivity index (χ3n) is 3.75. The van der Waals surface area contributed by atoms with Crippen LogP contribution in [0.1, 0.15) is 22.4 Å². The van der Waals surface area contributed by atoms with Gasteiger partial charge in [0.2, 0.25) is 5.91 Å². The smallest absolute Gasteiger partial charge is 0.243 e. The molecule has 2 N–H and O–H groups in total. The maximum atomic E-state index is 12.4. The van der Waals surface area contributed by atoms with Crippen LogP contribution in [-0.2, 0) is 17.8 Å². The van der Waals surface area contributed by atoms with E-state index in [9.17, 15) is 4.79 Å². The molecule has 1 amide bonds. The fourth-order valence-corrected chi connectivity index (χ4v) is 2.76. The average molecular weight is 281 g/mol. The molecule has 21 heavy (non-hydrogen) atoms. The van der Waals surface area contributed by atoms with Gasteiger partial charge < -0.3 is 10.6 Å². The molecule has 1 aliphatic rings. The van der Waals surface area contributed by atoms with E-state index in [0.29, 0.717) is 12.2 Å². The zero-order valence-electron chi connectivity index (χ0n) is 12.3. The molecule has 2 heterocycles. The van der Waals surface area contributed by atoms with Crippen LogP contribution in [-0.4, -0.2) is 16.9 Å². The van der Waals surface area contributed by atoms with Crippen LogP contribution in [0.5, 0.6) is 0 Å². The first kappa shape index (κ1) is 13.8. The topological polar surface area (TPSA) is 54.0 Å². The van der Waals surface area contributed by atoms with Crippen molar-refractivity contribution in [3.05, 3.63) is 58.8 Å². The Kier molecular flexibility index (Phi) is 3.71. The van der Waals surface area contributed by atoms with Gasteiger partial charge in [0, 0.05) is 12.2 Å². The lowest BCUT2D eigenvalue weighted by molar-refractivity contribution is -0.118. The Hall–Kier alpha value is -2.20. The molecule has 0 bridgehead atoms. The average Bonchev–Trinajstić information content (AvgIpc) is 2.45. The van der Waals surface area contributed by atoms with E-state index >= 15 is 0 Å². The number of aromatic nitrogens is 1. The fourth-order valence-electron chi connectivity index (χ4n) is 2.76. The first-order chi connectivity index (χ1) is 10.1. The number of anilines is 1. The second-order valence-corrected chi connectivity index (χ2v) is 5.57. The molecule has 0 spiro atoms. The minimum atomic E-state index is -0.206. The van der Waals surface area contributed by atoms with Gasteiger partial charge in [-0.1, -0.05) is 24.3 Å². The van der Waals surface area contributed by atoms with Gasteiger partial charge in [-0.05, 0) is 49.1 Å². The van der Waals surface area contributed by atoms with E-state index < -0.39 is 0 Å². The van der Waals surface area contributed by atoms with E-state index in [-0.39, 0.29) is 11.9 Å². The summed E-state index contributed by atoms with van der Waals surface area (Å²) in [6.45, 7) is 4.66. The first-order valence-electron chi connectivity index (χ1n) is 7.18. The number of rotatable bonds is 2. The third-order valence-corrected chi connectivity index (χ3v) is 3.75. The van der Waals surface area contributed by atoms with Gasteiger partial charge >= 0.3 is 0 Å². The molecule has 0 fully saturated rings. The van der Waals surface area contributed by atoms with Crippen LogP contribution in [0, 0.1) is 13.8 Å². The largest absolute Gasteiger partial charge is 0.309 e. The monoisotopic (exact) mass is 281 g/mol. The van der Waals surface area contributed by atoms with Crippen molar-refractivity contribution >= 4 is 11.7 Å². The molecule has 1 aliphatic heterocycles. The SMILES string of the molecule is Cc1cc(C)nc(NC(=O)[C@H]2Cc3ccccc3CN2)c1. The highest BCUT2D eigenvalue weighted by molar-refractivity contribution is 5.94. The van der Waals surface area contributed by atoms with E-state index in [1.807, 2.05) is 38.1 Å². The maximum absolute atomic E-state index is 12.4. The second-order valence-electron chi connectivity index (χ2n) is 5.57. The number of hydrogen-bond acceptors (Lipinski definition) is 3. The van der Waals surface area contributed by atoms with Gasteiger partial charge in [-0.2, -0.15) is 0 Å². The zero-order valence-corrected chi connectivity index (χ0v) is 12.3. The summed E-state index contributed by atoms with van der Waals surface area (Å²) in [5.41, 5.74) is 4.52. The summed E-state index contributed by atoms with van der Waals surface area (Å²) in [6.07, 6.45) is 0.715. The molecular weight excluding hydrogens is 262 g/mol. The molecule has 0 radical (unpaired) electrons. The van der Waals surface area contributed by atoms with Crippen molar-refractivity contribution in [2.45, 2.75) is 32.9 Å². The van der Waals surface area contributed by atoms with Gasteiger partial charge in [0.05, 0.1) is 6.04 Å². The number of benzene rings is 1. The lowest BCUT2D eigenvalue weighted by Gasteiger charge is -2.25. The van der Waals surface area contributed by atoms with E-state index in [1.165, 1.54) is 11.1 Å². The van der Waals surface area contributed by atoms with Crippen LogP contribution in [0.2, 0.25) is 0 Å². The number of carbonyl (C=O) groups is 1.